The zero-order chi connectivity index (χ0) is 20.1. The summed E-state index contributed by atoms with van der Waals surface area (Å²) in [6.45, 7) is 2.62. The van der Waals surface area contributed by atoms with Gasteiger partial charge in [0.2, 0.25) is 5.89 Å². The largest absolute Gasteiger partial charge is 0.340 e. The highest BCUT2D eigenvalue weighted by Gasteiger charge is 2.28. The van der Waals surface area contributed by atoms with Crippen LogP contribution in [0.5, 0.6) is 0 Å². The number of carbonyl (C=O) groups excluding carboxylic acids is 1. The third kappa shape index (κ3) is 4.67. The molecule has 0 radical (unpaired) electrons. The Kier molecular flexibility index (Phi) is 5.92. The lowest BCUT2D eigenvalue weighted by Crippen LogP contribution is -2.44. The fourth-order valence-corrected chi connectivity index (χ4v) is 3.40. The molecule has 8 nitrogen and oxygen atoms in total. The second kappa shape index (κ2) is 8.93. The Bertz CT molecular complexity index is 931. The molecule has 8 heteroatoms. The van der Waals surface area contributed by atoms with E-state index in [9.17, 15) is 4.79 Å². The van der Waals surface area contributed by atoms with E-state index in [0.29, 0.717) is 23.7 Å². The first-order chi connectivity index (χ1) is 14.2. The normalized spacial score (nSPS) is 18.3. The van der Waals surface area contributed by atoms with Crippen LogP contribution >= 0.6 is 0 Å². The topological polar surface area (TPSA) is 96.2 Å². The highest BCUT2D eigenvalue weighted by atomic mass is 16.5. The van der Waals surface area contributed by atoms with Gasteiger partial charge in [-0.15, -0.1) is 0 Å². The minimum Gasteiger partial charge on any atom is -0.340 e. The van der Waals surface area contributed by atoms with Gasteiger partial charge in [-0.2, -0.15) is 4.98 Å². The molecule has 3 aromatic rings. The van der Waals surface area contributed by atoms with E-state index in [1.807, 2.05) is 37.4 Å². The summed E-state index contributed by atoms with van der Waals surface area (Å²) in [6, 6.07) is 12.5. The van der Waals surface area contributed by atoms with Gasteiger partial charge >= 0.3 is 0 Å². The molecule has 150 valence electrons. The van der Waals surface area contributed by atoms with Crippen molar-refractivity contribution in [3.63, 3.8) is 0 Å². The van der Waals surface area contributed by atoms with Crippen LogP contribution in [-0.2, 0) is 6.42 Å². The minimum absolute atomic E-state index is 0.0464. The summed E-state index contributed by atoms with van der Waals surface area (Å²) in [5.41, 5.74) is 1.56. The van der Waals surface area contributed by atoms with Gasteiger partial charge < -0.3 is 15.2 Å². The summed E-state index contributed by atoms with van der Waals surface area (Å²) in [6.07, 6.45) is 4.00. The maximum Gasteiger partial charge on any atom is 0.251 e. The van der Waals surface area contributed by atoms with Crippen molar-refractivity contribution in [1.29, 1.82) is 0 Å². The third-order valence-corrected chi connectivity index (χ3v) is 5.07. The van der Waals surface area contributed by atoms with E-state index in [4.69, 9.17) is 4.52 Å². The molecular weight excluding hydrogens is 368 g/mol. The van der Waals surface area contributed by atoms with Gasteiger partial charge in [-0.25, -0.2) is 0 Å². The van der Waals surface area contributed by atoms with E-state index in [-0.39, 0.29) is 11.9 Å². The van der Waals surface area contributed by atoms with Gasteiger partial charge in [-0.1, -0.05) is 29.4 Å². The van der Waals surface area contributed by atoms with Crippen molar-refractivity contribution in [2.75, 3.05) is 26.7 Å². The lowest BCUT2D eigenvalue weighted by Gasteiger charge is -2.30. The lowest BCUT2D eigenvalue weighted by molar-refractivity contribution is 0.0928. The van der Waals surface area contributed by atoms with Crippen molar-refractivity contribution in [3.05, 3.63) is 77.7 Å². The second-order valence-electron chi connectivity index (χ2n) is 7.15. The highest BCUT2D eigenvalue weighted by Crippen LogP contribution is 2.22. The molecule has 1 fully saturated rings. The van der Waals surface area contributed by atoms with Crippen LogP contribution in [0, 0.1) is 0 Å². The Morgan fingerprint density at radius 2 is 2.17 bits per heavy atom. The molecule has 3 heterocycles. The van der Waals surface area contributed by atoms with Gasteiger partial charge in [0.15, 0.2) is 5.82 Å². The zero-order valence-electron chi connectivity index (χ0n) is 16.3. The molecule has 2 N–H and O–H groups in total. The lowest BCUT2D eigenvalue weighted by atomic mass is 10.1. The molecule has 1 aromatic carbocycles. The number of benzene rings is 1. The molecule has 1 amide bonds. The van der Waals surface area contributed by atoms with Crippen LogP contribution in [0.25, 0.3) is 0 Å². The summed E-state index contributed by atoms with van der Waals surface area (Å²) >= 11 is 0. The Morgan fingerprint density at radius 1 is 1.31 bits per heavy atom. The number of amides is 1. The summed E-state index contributed by atoms with van der Waals surface area (Å²) in [4.78, 5) is 23.7. The predicted molar refractivity (Wildman–Crippen MR) is 107 cm³/mol. The van der Waals surface area contributed by atoms with E-state index >= 15 is 0 Å². The molecule has 0 bridgehead atoms. The van der Waals surface area contributed by atoms with Crippen LogP contribution in [0.4, 0.5) is 0 Å². The van der Waals surface area contributed by atoms with Crippen molar-refractivity contribution in [2.45, 2.75) is 18.5 Å². The van der Waals surface area contributed by atoms with E-state index < -0.39 is 6.04 Å². The van der Waals surface area contributed by atoms with Crippen molar-refractivity contribution in [2.24, 2.45) is 0 Å². The second-order valence-corrected chi connectivity index (χ2v) is 7.15. The third-order valence-electron chi connectivity index (χ3n) is 5.07. The van der Waals surface area contributed by atoms with Gasteiger partial charge in [-0.05, 0) is 30.8 Å². The van der Waals surface area contributed by atoms with Gasteiger partial charge in [-0.3, -0.25) is 14.7 Å². The number of carbonyl (C=O) groups is 1. The number of hydrogen-bond acceptors (Lipinski definition) is 7. The Hall–Kier alpha value is -3.10. The average Bonchev–Trinajstić information content (AvgIpc) is 3.25. The molecule has 1 aliphatic rings. The summed E-state index contributed by atoms with van der Waals surface area (Å²) in [5.74, 6) is 0.836. The van der Waals surface area contributed by atoms with Crippen molar-refractivity contribution in [1.82, 2.24) is 30.7 Å². The van der Waals surface area contributed by atoms with E-state index in [0.717, 1.165) is 25.2 Å². The number of pyridine rings is 1. The number of rotatable bonds is 6. The number of aromatic nitrogens is 3. The van der Waals surface area contributed by atoms with Crippen LogP contribution in [0.1, 0.15) is 39.7 Å². The van der Waals surface area contributed by atoms with Crippen LogP contribution in [0.15, 0.2) is 59.4 Å². The van der Waals surface area contributed by atoms with Crippen molar-refractivity contribution >= 4 is 5.91 Å². The average molecular weight is 392 g/mol. The first-order valence-corrected chi connectivity index (χ1v) is 9.70. The molecular formula is C21H24N6O2. The van der Waals surface area contributed by atoms with Crippen molar-refractivity contribution in [3.8, 4) is 0 Å². The molecule has 0 aliphatic carbocycles. The molecule has 1 aliphatic heterocycles. The number of nitrogens with zero attached hydrogens (tertiary/aromatic N) is 4. The summed E-state index contributed by atoms with van der Waals surface area (Å²) in [7, 11) is 2.05. The minimum atomic E-state index is -0.449. The molecule has 2 unspecified atom stereocenters. The molecule has 4 rings (SSSR count). The van der Waals surface area contributed by atoms with Crippen LogP contribution in [0.2, 0.25) is 0 Å². The van der Waals surface area contributed by atoms with Crippen LogP contribution < -0.4 is 10.6 Å². The fourth-order valence-electron chi connectivity index (χ4n) is 3.40. The first kappa shape index (κ1) is 19.2. The van der Waals surface area contributed by atoms with E-state index in [1.165, 1.54) is 0 Å². The fraction of sp³-hybridized carbons (Fsp3) is 0.333. The van der Waals surface area contributed by atoms with Gasteiger partial charge in [0.1, 0.15) is 6.04 Å². The Balaban J connectivity index is 1.57. The molecule has 2 atom stereocenters. The Morgan fingerprint density at radius 3 is 2.93 bits per heavy atom. The SMILES string of the molecule is CN1CCNCC1c1noc(C(Cc2cccnc2)NC(=O)c2ccccc2)n1. The highest BCUT2D eigenvalue weighted by molar-refractivity contribution is 5.94. The van der Waals surface area contributed by atoms with Gasteiger partial charge in [0, 0.05) is 44.0 Å². The van der Waals surface area contributed by atoms with Crippen LogP contribution in [-0.4, -0.2) is 52.6 Å². The molecule has 1 saturated heterocycles. The van der Waals surface area contributed by atoms with Gasteiger partial charge in [0.05, 0.1) is 6.04 Å². The monoisotopic (exact) mass is 392 g/mol. The van der Waals surface area contributed by atoms with E-state index in [1.54, 1.807) is 24.5 Å². The van der Waals surface area contributed by atoms with Crippen LogP contribution in [0.3, 0.4) is 0 Å². The molecule has 0 saturated carbocycles. The first-order valence-electron chi connectivity index (χ1n) is 9.70. The van der Waals surface area contributed by atoms with Crippen molar-refractivity contribution < 1.29 is 9.32 Å². The number of piperazine rings is 1. The number of likely N-dealkylation sites (N-methyl/N-ethyl adjacent to an activating group) is 1. The maximum atomic E-state index is 12.7. The molecule has 29 heavy (non-hydrogen) atoms. The Labute approximate surface area is 169 Å². The number of hydrogen-bond donors (Lipinski definition) is 2. The number of nitrogens with one attached hydrogen (secondary N) is 2. The van der Waals surface area contributed by atoms with Gasteiger partial charge in [0.25, 0.3) is 5.91 Å². The molecule has 0 spiro atoms. The van der Waals surface area contributed by atoms with E-state index in [2.05, 4.69) is 30.7 Å². The standard InChI is InChI=1S/C21H24N6O2/c1-27-11-10-23-14-18(27)19-25-21(29-26-19)17(12-15-6-5-9-22-13-15)24-20(28)16-7-3-2-4-8-16/h2-9,13,17-18,23H,10-12,14H2,1H3,(H,24,28). The maximum absolute atomic E-state index is 12.7. The predicted octanol–water partition coefficient (Wildman–Crippen LogP) is 1.75. The zero-order valence-corrected chi connectivity index (χ0v) is 16.3. The molecule has 2 aromatic heterocycles. The quantitative estimate of drug-likeness (QED) is 0.660. The smallest absolute Gasteiger partial charge is 0.251 e. The summed E-state index contributed by atoms with van der Waals surface area (Å²) in [5, 5.41) is 10.6. The summed E-state index contributed by atoms with van der Waals surface area (Å²) < 4.78 is 5.59.